The van der Waals surface area contributed by atoms with Crippen LogP contribution in [-0.2, 0) is 6.54 Å². The van der Waals surface area contributed by atoms with E-state index in [-0.39, 0.29) is 17.8 Å². The Morgan fingerprint density at radius 1 is 1.07 bits per heavy atom. The summed E-state index contributed by atoms with van der Waals surface area (Å²) in [6, 6.07) is 11.3. The summed E-state index contributed by atoms with van der Waals surface area (Å²) in [6.07, 6.45) is 1.57. The van der Waals surface area contributed by atoms with Crippen LogP contribution in [0.2, 0.25) is 0 Å². The molecule has 8 heteroatoms. The van der Waals surface area contributed by atoms with Gasteiger partial charge in [-0.25, -0.2) is 8.78 Å². The summed E-state index contributed by atoms with van der Waals surface area (Å²) >= 11 is 3.35. The van der Waals surface area contributed by atoms with E-state index in [9.17, 15) is 13.6 Å². The minimum absolute atomic E-state index is 0.0110. The van der Waals surface area contributed by atoms with E-state index in [2.05, 4.69) is 20.9 Å². The molecular weight excluding hydrogens is 446 g/mol. The number of carbonyl (C=O) groups excluding carboxylic acids is 1. The van der Waals surface area contributed by atoms with Crippen LogP contribution in [0.25, 0.3) is 0 Å². The number of hydrogen-bond acceptors (Lipinski definition) is 4. The van der Waals surface area contributed by atoms with Crippen molar-refractivity contribution in [2.75, 3.05) is 19.1 Å². The fourth-order valence-electron chi connectivity index (χ4n) is 2.77. The predicted molar refractivity (Wildman–Crippen MR) is 108 cm³/mol. The molecule has 0 spiro atoms. The molecule has 5 nitrogen and oxygen atoms in total. The van der Waals surface area contributed by atoms with Crippen LogP contribution in [0.3, 0.4) is 0 Å². The molecule has 1 amide bonds. The Labute approximate surface area is 175 Å². The van der Waals surface area contributed by atoms with Gasteiger partial charge in [0.15, 0.2) is 0 Å². The van der Waals surface area contributed by atoms with Gasteiger partial charge in [0.1, 0.15) is 27.6 Å². The van der Waals surface area contributed by atoms with Gasteiger partial charge in [0, 0.05) is 17.8 Å². The average molecular weight is 463 g/mol. The molecule has 0 aliphatic heterocycles. The maximum Gasteiger partial charge on any atom is 0.259 e. The van der Waals surface area contributed by atoms with E-state index < -0.39 is 17.5 Å². The SMILES string of the molecule is COc1cc(C(=O)N(Cc2ccccn2)c2ccc(F)cc2F)cc(OC)c1Br. The van der Waals surface area contributed by atoms with Crippen LogP contribution in [-0.4, -0.2) is 25.1 Å². The molecule has 150 valence electrons. The molecule has 3 aromatic rings. The highest BCUT2D eigenvalue weighted by molar-refractivity contribution is 9.10. The zero-order chi connectivity index (χ0) is 21.0. The fraction of sp³-hybridized carbons (Fsp3) is 0.143. The second-order valence-electron chi connectivity index (χ2n) is 6.00. The number of halogens is 3. The van der Waals surface area contributed by atoms with E-state index in [0.29, 0.717) is 21.7 Å². The Hall–Kier alpha value is -3.00. The molecule has 0 atom stereocenters. The van der Waals surface area contributed by atoms with Crippen LogP contribution in [0.1, 0.15) is 16.1 Å². The van der Waals surface area contributed by atoms with Gasteiger partial charge in [-0.05, 0) is 52.3 Å². The van der Waals surface area contributed by atoms with Crippen LogP contribution >= 0.6 is 15.9 Å². The number of amides is 1. The smallest absolute Gasteiger partial charge is 0.259 e. The van der Waals surface area contributed by atoms with Gasteiger partial charge in [-0.15, -0.1) is 0 Å². The maximum absolute atomic E-state index is 14.5. The lowest BCUT2D eigenvalue weighted by Gasteiger charge is -2.24. The molecule has 0 N–H and O–H groups in total. The monoisotopic (exact) mass is 462 g/mol. The highest BCUT2D eigenvalue weighted by atomic mass is 79.9. The summed E-state index contributed by atoms with van der Waals surface area (Å²) in [6.45, 7) is -0.0110. The van der Waals surface area contributed by atoms with Crippen molar-refractivity contribution in [3.63, 3.8) is 0 Å². The Balaban J connectivity index is 2.09. The number of pyridine rings is 1. The topological polar surface area (TPSA) is 51.7 Å². The number of carbonyl (C=O) groups is 1. The van der Waals surface area contributed by atoms with E-state index >= 15 is 0 Å². The van der Waals surface area contributed by atoms with Gasteiger partial charge >= 0.3 is 0 Å². The summed E-state index contributed by atoms with van der Waals surface area (Å²) in [7, 11) is 2.91. The first kappa shape index (κ1) is 20.7. The number of nitrogens with zero attached hydrogens (tertiary/aromatic N) is 2. The summed E-state index contributed by atoms with van der Waals surface area (Å²) < 4.78 is 39.1. The van der Waals surface area contributed by atoms with Gasteiger partial charge in [0.05, 0.1) is 32.1 Å². The Morgan fingerprint density at radius 2 is 1.76 bits per heavy atom. The van der Waals surface area contributed by atoms with Crippen molar-refractivity contribution in [1.82, 2.24) is 4.98 Å². The molecule has 2 aromatic carbocycles. The Bertz CT molecular complexity index is 1010. The highest BCUT2D eigenvalue weighted by Gasteiger charge is 2.24. The van der Waals surface area contributed by atoms with Crippen molar-refractivity contribution in [3.8, 4) is 11.5 Å². The van der Waals surface area contributed by atoms with Crippen molar-refractivity contribution >= 4 is 27.5 Å². The molecule has 0 unspecified atom stereocenters. The first-order valence-corrected chi connectivity index (χ1v) is 9.32. The molecular formula is C21H17BrF2N2O3. The Kier molecular flexibility index (Phi) is 6.43. The predicted octanol–water partition coefficient (Wildman–Crippen LogP) is 4.99. The zero-order valence-corrected chi connectivity index (χ0v) is 17.2. The summed E-state index contributed by atoms with van der Waals surface area (Å²) in [5, 5.41) is 0. The first-order valence-electron chi connectivity index (χ1n) is 8.53. The lowest BCUT2D eigenvalue weighted by Crippen LogP contribution is -2.31. The zero-order valence-electron chi connectivity index (χ0n) is 15.7. The molecule has 0 saturated heterocycles. The van der Waals surface area contributed by atoms with Gasteiger partial charge in [-0.2, -0.15) is 0 Å². The number of benzene rings is 2. The van der Waals surface area contributed by atoms with Crippen LogP contribution in [0.15, 0.2) is 59.2 Å². The van der Waals surface area contributed by atoms with E-state index in [0.717, 1.165) is 12.1 Å². The van der Waals surface area contributed by atoms with E-state index in [1.807, 2.05) is 0 Å². The van der Waals surface area contributed by atoms with Crippen molar-refractivity contribution in [3.05, 3.63) is 82.1 Å². The molecule has 1 heterocycles. The van der Waals surface area contributed by atoms with Crippen molar-refractivity contribution < 1.29 is 23.0 Å². The van der Waals surface area contributed by atoms with Crippen molar-refractivity contribution in [1.29, 1.82) is 0 Å². The third kappa shape index (κ3) is 4.54. The summed E-state index contributed by atoms with van der Waals surface area (Å²) in [5.74, 6) is -1.35. The number of anilines is 1. The quantitative estimate of drug-likeness (QED) is 0.517. The minimum Gasteiger partial charge on any atom is -0.495 e. The third-order valence-corrected chi connectivity index (χ3v) is 4.97. The fourth-order valence-corrected chi connectivity index (χ4v) is 3.32. The number of aromatic nitrogens is 1. The normalized spacial score (nSPS) is 10.5. The molecule has 0 aliphatic carbocycles. The van der Waals surface area contributed by atoms with Crippen molar-refractivity contribution in [2.45, 2.75) is 6.54 Å². The number of hydrogen-bond donors (Lipinski definition) is 0. The molecule has 3 rings (SSSR count). The standard InChI is InChI=1S/C21H17BrF2N2O3/c1-28-18-9-13(10-19(29-2)20(18)22)21(27)26(12-15-5-3-4-8-25-15)17-7-6-14(23)11-16(17)24/h3-11H,12H2,1-2H3. The third-order valence-electron chi connectivity index (χ3n) is 4.18. The average Bonchev–Trinajstić information content (AvgIpc) is 2.73. The van der Waals surface area contributed by atoms with Gasteiger partial charge in [-0.1, -0.05) is 6.07 Å². The molecule has 1 aromatic heterocycles. The van der Waals surface area contributed by atoms with Crippen LogP contribution in [0.5, 0.6) is 11.5 Å². The van der Waals surface area contributed by atoms with Gasteiger partial charge in [0.2, 0.25) is 0 Å². The molecule has 0 aliphatic rings. The maximum atomic E-state index is 14.5. The van der Waals surface area contributed by atoms with E-state index in [1.54, 1.807) is 24.4 Å². The summed E-state index contributed by atoms with van der Waals surface area (Å²) in [4.78, 5) is 18.7. The van der Waals surface area contributed by atoms with E-state index in [4.69, 9.17) is 9.47 Å². The van der Waals surface area contributed by atoms with Crippen molar-refractivity contribution in [2.24, 2.45) is 0 Å². The summed E-state index contributed by atoms with van der Waals surface area (Å²) in [5.41, 5.74) is 0.685. The molecule has 0 bridgehead atoms. The minimum atomic E-state index is -0.856. The highest BCUT2D eigenvalue weighted by Crippen LogP contribution is 2.36. The molecule has 0 saturated carbocycles. The largest absolute Gasteiger partial charge is 0.495 e. The molecule has 0 radical (unpaired) electrons. The lowest BCUT2D eigenvalue weighted by molar-refractivity contribution is 0.0983. The number of methoxy groups -OCH3 is 2. The van der Waals surface area contributed by atoms with Gasteiger partial charge in [-0.3, -0.25) is 14.7 Å². The van der Waals surface area contributed by atoms with Crippen LogP contribution < -0.4 is 14.4 Å². The van der Waals surface area contributed by atoms with E-state index in [1.165, 1.54) is 37.3 Å². The Morgan fingerprint density at radius 3 is 2.31 bits per heavy atom. The van der Waals surface area contributed by atoms with Gasteiger partial charge < -0.3 is 9.47 Å². The second-order valence-corrected chi connectivity index (χ2v) is 6.80. The molecule has 29 heavy (non-hydrogen) atoms. The van der Waals surface area contributed by atoms with Crippen LogP contribution in [0.4, 0.5) is 14.5 Å². The number of rotatable bonds is 6. The van der Waals surface area contributed by atoms with Gasteiger partial charge in [0.25, 0.3) is 5.91 Å². The first-order chi connectivity index (χ1) is 13.9. The molecule has 0 fully saturated rings. The van der Waals surface area contributed by atoms with Crippen LogP contribution in [0, 0.1) is 11.6 Å². The lowest BCUT2D eigenvalue weighted by atomic mass is 10.1. The second kappa shape index (κ2) is 9.00. The number of ether oxygens (including phenoxy) is 2.